The van der Waals surface area contributed by atoms with Gasteiger partial charge in [0.15, 0.2) is 0 Å². The predicted octanol–water partition coefficient (Wildman–Crippen LogP) is 2.66. The number of terminal acetylenes is 1. The van der Waals surface area contributed by atoms with E-state index in [1.54, 1.807) is 29.2 Å². The van der Waals surface area contributed by atoms with Crippen LogP contribution in [0.15, 0.2) is 30.3 Å². The molecule has 0 atom stereocenters. The standard InChI is InChI=1S/C16H18N2O3/c1-3-10-18(11-4-2)16(21)17-14-7-5-6-13(12-14)8-9-15(19)20/h1,5-9,12H,4,10-11H2,2H3,(H,17,21)(H,19,20)/b9-8+. The highest BCUT2D eigenvalue weighted by atomic mass is 16.4. The van der Waals surface area contributed by atoms with Crippen molar-refractivity contribution in [3.8, 4) is 12.3 Å². The van der Waals surface area contributed by atoms with Crippen LogP contribution < -0.4 is 5.32 Å². The summed E-state index contributed by atoms with van der Waals surface area (Å²) in [5.41, 5.74) is 1.28. The van der Waals surface area contributed by atoms with Gasteiger partial charge in [-0.15, -0.1) is 6.42 Å². The second-order valence-electron chi connectivity index (χ2n) is 4.35. The van der Waals surface area contributed by atoms with E-state index < -0.39 is 5.97 Å². The first kappa shape index (κ1) is 16.3. The average Bonchev–Trinajstić information content (AvgIpc) is 2.45. The van der Waals surface area contributed by atoms with Crippen molar-refractivity contribution >= 4 is 23.8 Å². The summed E-state index contributed by atoms with van der Waals surface area (Å²) in [5.74, 6) is 1.43. The third-order valence-electron chi connectivity index (χ3n) is 2.62. The number of nitrogens with zero attached hydrogens (tertiary/aromatic N) is 1. The number of amides is 2. The molecule has 5 heteroatoms. The van der Waals surface area contributed by atoms with Crippen LogP contribution in [-0.2, 0) is 4.79 Å². The molecule has 0 saturated heterocycles. The van der Waals surface area contributed by atoms with Crippen molar-refractivity contribution in [3.05, 3.63) is 35.9 Å². The van der Waals surface area contributed by atoms with Gasteiger partial charge in [-0.2, -0.15) is 0 Å². The highest BCUT2D eigenvalue weighted by Crippen LogP contribution is 2.13. The fourth-order valence-corrected chi connectivity index (χ4v) is 1.72. The van der Waals surface area contributed by atoms with Crippen LogP contribution in [0.1, 0.15) is 18.9 Å². The third kappa shape index (κ3) is 5.83. The lowest BCUT2D eigenvalue weighted by Crippen LogP contribution is -2.35. The van der Waals surface area contributed by atoms with Crippen LogP contribution >= 0.6 is 0 Å². The molecule has 1 aromatic carbocycles. The number of anilines is 1. The van der Waals surface area contributed by atoms with Crippen LogP contribution in [0, 0.1) is 12.3 Å². The largest absolute Gasteiger partial charge is 0.478 e. The zero-order valence-electron chi connectivity index (χ0n) is 11.9. The monoisotopic (exact) mass is 286 g/mol. The Morgan fingerprint density at radius 3 is 2.86 bits per heavy atom. The number of aliphatic carboxylic acids is 1. The van der Waals surface area contributed by atoms with Crippen LogP contribution in [0.25, 0.3) is 6.08 Å². The second-order valence-corrected chi connectivity index (χ2v) is 4.35. The Bertz CT molecular complexity index is 573. The van der Waals surface area contributed by atoms with Gasteiger partial charge in [0.2, 0.25) is 0 Å². The molecule has 110 valence electrons. The molecule has 0 radical (unpaired) electrons. The van der Waals surface area contributed by atoms with Gasteiger partial charge >= 0.3 is 12.0 Å². The maximum absolute atomic E-state index is 12.1. The lowest BCUT2D eigenvalue weighted by molar-refractivity contribution is -0.131. The summed E-state index contributed by atoms with van der Waals surface area (Å²) in [7, 11) is 0. The van der Waals surface area contributed by atoms with E-state index in [9.17, 15) is 9.59 Å². The summed E-state index contributed by atoms with van der Waals surface area (Å²) in [6.07, 6.45) is 8.57. The summed E-state index contributed by atoms with van der Waals surface area (Å²) in [4.78, 5) is 24.1. The van der Waals surface area contributed by atoms with Gasteiger partial charge in [0, 0.05) is 18.3 Å². The molecule has 1 aromatic rings. The van der Waals surface area contributed by atoms with Crippen LogP contribution in [-0.4, -0.2) is 35.1 Å². The van der Waals surface area contributed by atoms with E-state index in [2.05, 4.69) is 11.2 Å². The minimum Gasteiger partial charge on any atom is -0.478 e. The molecule has 0 heterocycles. The third-order valence-corrected chi connectivity index (χ3v) is 2.62. The number of nitrogens with one attached hydrogen (secondary N) is 1. The average molecular weight is 286 g/mol. The first-order chi connectivity index (χ1) is 10.1. The SMILES string of the molecule is C#CCN(CCC)C(=O)Nc1cccc(/C=C/C(=O)O)c1. The van der Waals surface area contributed by atoms with Crippen molar-refractivity contribution in [1.82, 2.24) is 4.90 Å². The summed E-state index contributed by atoms with van der Waals surface area (Å²) >= 11 is 0. The molecule has 2 N–H and O–H groups in total. The summed E-state index contributed by atoms with van der Waals surface area (Å²) in [5, 5.41) is 11.3. The van der Waals surface area contributed by atoms with Crippen molar-refractivity contribution < 1.29 is 14.7 Å². The normalized spacial score (nSPS) is 10.1. The van der Waals surface area contributed by atoms with Gasteiger partial charge in [-0.25, -0.2) is 9.59 Å². The van der Waals surface area contributed by atoms with Gasteiger partial charge in [0.1, 0.15) is 0 Å². The van der Waals surface area contributed by atoms with Gasteiger partial charge in [-0.1, -0.05) is 25.0 Å². The Morgan fingerprint density at radius 2 is 2.24 bits per heavy atom. The first-order valence-corrected chi connectivity index (χ1v) is 6.57. The topological polar surface area (TPSA) is 69.6 Å². The minimum absolute atomic E-state index is 0.248. The highest BCUT2D eigenvalue weighted by molar-refractivity contribution is 5.90. The maximum atomic E-state index is 12.1. The Morgan fingerprint density at radius 1 is 1.48 bits per heavy atom. The van der Waals surface area contributed by atoms with Crippen LogP contribution in [0.3, 0.4) is 0 Å². The van der Waals surface area contributed by atoms with Crippen molar-refractivity contribution in [2.75, 3.05) is 18.4 Å². The predicted molar refractivity (Wildman–Crippen MR) is 82.8 cm³/mol. The molecular formula is C16H18N2O3. The number of carbonyl (C=O) groups excluding carboxylic acids is 1. The molecule has 0 aliphatic carbocycles. The van der Waals surface area contributed by atoms with Gasteiger partial charge < -0.3 is 15.3 Å². The zero-order chi connectivity index (χ0) is 15.7. The quantitative estimate of drug-likeness (QED) is 0.624. The maximum Gasteiger partial charge on any atom is 0.328 e. The number of hydrogen-bond acceptors (Lipinski definition) is 2. The number of carboxylic acids is 1. The molecule has 0 aliphatic heterocycles. The van der Waals surface area contributed by atoms with Gasteiger partial charge in [-0.05, 0) is 30.2 Å². The molecule has 21 heavy (non-hydrogen) atoms. The number of benzene rings is 1. The molecule has 0 fully saturated rings. The lowest BCUT2D eigenvalue weighted by Gasteiger charge is -2.20. The molecule has 2 amide bonds. The number of carbonyl (C=O) groups is 2. The smallest absolute Gasteiger partial charge is 0.328 e. The Balaban J connectivity index is 2.78. The minimum atomic E-state index is -1.02. The molecule has 0 bridgehead atoms. The molecule has 0 unspecified atom stereocenters. The molecule has 0 spiro atoms. The molecular weight excluding hydrogens is 268 g/mol. The molecule has 0 saturated carbocycles. The highest BCUT2D eigenvalue weighted by Gasteiger charge is 2.11. The molecule has 1 rings (SSSR count). The Kier molecular flexibility index (Phi) is 6.55. The Labute approximate surface area is 124 Å². The lowest BCUT2D eigenvalue weighted by atomic mass is 10.2. The first-order valence-electron chi connectivity index (χ1n) is 6.57. The van der Waals surface area contributed by atoms with E-state index in [1.165, 1.54) is 6.08 Å². The molecule has 0 aromatic heterocycles. The van der Waals surface area contributed by atoms with Crippen molar-refractivity contribution in [1.29, 1.82) is 0 Å². The van der Waals surface area contributed by atoms with E-state index >= 15 is 0 Å². The van der Waals surface area contributed by atoms with Crippen LogP contribution in [0.5, 0.6) is 0 Å². The molecule has 5 nitrogen and oxygen atoms in total. The van der Waals surface area contributed by atoms with E-state index in [1.807, 2.05) is 6.92 Å². The fourth-order valence-electron chi connectivity index (χ4n) is 1.72. The van der Waals surface area contributed by atoms with E-state index in [0.29, 0.717) is 17.8 Å². The summed E-state index contributed by atoms with van der Waals surface area (Å²) in [6.45, 7) is 2.79. The number of rotatable bonds is 6. The van der Waals surface area contributed by atoms with Gasteiger partial charge in [-0.3, -0.25) is 0 Å². The van der Waals surface area contributed by atoms with E-state index in [-0.39, 0.29) is 12.6 Å². The Hall–Kier alpha value is -2.74. The number of urea groups is 1. The number of carboxylic acid groups (broad SMARTS) is 1. The van der Waals surface area contributed by atoms with Crippen molar-refractivity contribution in [3.63, 3.8) is 0 Å². The zero-order valence-corrected chi connectivity index (χ0v) is 11.9. The van der Waals surface area contributed by atoms with Crippen LogP contribution in [0.4, 0.5) is 10.5 Å². The van der Waals surface area contributed by atoms with Crippen molar-refractivity contribution in [2.24, 2.45) is 0 Å². The van der Waals surface area contributed by atoms with Crippen LogP contribution in [0.2, 0.25) is 0 Å². The second kappa shape index (κ2) is 8.43. The summed E-state index contributed by atoms with van der Waals surface area (Å²) < 4.78 is 0. The van der Waals surface area contributed by atoms with E-state index in [4.69, 9.17) is 11.5 Å². The van der Waals surface area contributed by atoms with Crippen molar-refractivity contribution in [2.45, 2.75) is 13.3 Å². The molecule has 0 aliphatic rings. The van der Waals surface area contributed by atoms with Gasteiger partial charge in [0.05, 0.1) is 6.54 Å². The van der Waals surface area contributed by atoms with Gasteiger partial charge in [0.25, 0.3) is 0 Å². The fraction of sp³-hybridized carbons (Fsp3) is 0.250. The number of hydrogen-bond donors (Lipinski definition) is 2. The summed E-state index contributed by atoms with van der Waals surface area (Å²) in [6, 6.07) is 6.64. The van der Waals surface area contributed by atoms with E-state index in [0.717, 1.165) is 12.5 Å².